The summed E-state index contributed by atoms with van der Waals surface area (Å²) in [7, 11) is 1.65. The number of sulfonamides is 1. The minimum Gasteiger partial charge on any atom is -0.327 e. The van der Waals surface area contributed by atoms with Crippen LogP contribution in [0.4, 0.5) is 0 Å². The normalized spacial score (nSPS) is 12.4. The van der Waals surface area contributed by atoms with E-state index in [0.717, 1.165) is 36.5 Å². The van der Waals surface area contributed by atoms with Crippen molar-refractivity contribution in [3.63, 3.8) is 0 Å². The van der Waals surface area contributed by atoms with Gasteiger partial charge in [0.25, 0.3) is 0 Å². The maximum Gasteiger partial charge on any atom is 0.242 e. The Balaban J connectivity index is 1.82. The van der Waals surface area contributed by atoms with Crippen LogP contribution >= 0.6 is 0 Å². The third-order valence-corrected chi connectivity index (χ3v) is 6.59. The number of hydrogen-bond donors (Lipinski definition) is 0. The monoisotopic (exact) mass is 401 g/mol. The van der Waals surface area contributed by atoms with Gasteiger partial charge in [0, 0.05) is 45.5 Å². The third-order valence-electron chi connectivity index (χ3n) is 4.78. The maximum absolute atomic E-state index is 12.4. The fourth-order valence-electron chi connectivity index (χ4n) is 3.18. The van der Waals surface area contributed by atoms with Gasteiger partial charge in [-0.2, -0.15) is 0 Å². The molecule has 0 bridgehead atoms. The number of aromatic nitrogens is 3. The summed E-state index contributed by atoms with van der Waals surface area (Å²) in [6, 6.07) is 11.1. The first-order valence-corrected chi connectivity index (χ1v) is 10.8. The summed E-state index contributed by atoms with van der Waals surface area (Å²) < 4.78 is 28.2. The van der Waals surface area contributed by atoms with Crippen molar-refractivity contribution in [2.45, 2.75) is 31.3 Å². The lowest BCUT2D eigenvalue weighted by atomic mass is 10.2. The van der Waals surface area contributed by atoms with Crippen LogP contribution in [0.15, 0.2) is 47.5 Å². The summed E-state index contributed by atoms with van der Waals surface area (Å²) >= 11 is 0. The average Bonchev–Trinajstić information content (AvgIpc) is 3.03. The zero-order valence-corrected chi connectivity index (χ0v) is 17.6. The predicted molar refractivity (Wildman–Crippen MR) is 111 cm³/mol. The number of imidazole rings is 1. The molecule has 3 aromatic rings. The molecule has 0 atom stereocenters. The Bertz CT molecular complexity index is 1050. The molecule has 0 saturated carbocycles. The zero-order chi connectivity index (χ0) is 20.3. The second-order valence-corrected chi connectivity index (χ2v) is 9.17. The van der Waals surface area contributed by atoms with E-state index in [2.05, 4.69) is 28.4 Å². The highest BCUT2D eigenvalue weighted by atomic mass is 32.2. The number of hydrogen-bond acceptors (Lipinski definition) is 5. The van der Waals surface area contributed by atoms with E-state index < -0.39 is 10.0 Å². The number of nitrogens with zero attached hydrogens (tertiary/aromatic N) is 5. The molecule has 28 heavy (non-hydrogen) atoms. The lowest BCUT2D eigenvalue weighted by molar-refractivity contribution is 0.317. The molecule has 0 aliphatic heterocycles. The summed E-state index contributed by atoms with van der Waals surface area (Å²) in [5.74, 6) is 0.931. The van der Waals surface area contributed by atoms with E-state index >= 15 is 0 Å². The Kier molecular flexibility index (Phi) is 6.12. The summed E-state index contributed by atoms with van der Waals surface area (Å²) in [6.07, 6.45) is 2.68. The Labute approximate surface area is 166 Å². The van der Waals surface area contributed by atoms with Gasteiger partial charge in [0.05, 0.1) is 22.5 Å². The van der Waals surface area contributed by atoms with Crippen molar-refractivity contribution in [1.29, 1.82) is 0 Å². The van der Waals surface area contributed by atoms with E-state index in [0.29, 0.717) is 12.1 Å². The standard InChI is InChI=1S/C20H27N5O2S/c1-5-25-19-10-9-17(28(26,27)23(2)3)14-18(19)22-20(25)15-24(4)13-11-16-8-6-7-12-21-16/h6-10,12,14H,5,11,13,15H2,1-4H3. The molecule has 0 radical (unpaired) electrons. The van der Waals surface area contributed by atoms with Crippen LogP contribution in [0, 0.1) is 0 Å². The number of aryl methyl sites for hydroxylation is 1. The molecule has 0 saturated heterocycles. The molecule has 0 fully saturated rings. The lowest BCUT2D eigenvalue weighted by Gasteiger charge is -2.16. The quantitative estimate of drug-likeness (QED) is 0.580. The summed E-state index contributed by atoms with van der Waals surface area (Å²) in [5, 5.41) is 0. The van der Waals surface area contributed by atoms with Crippen LogP contribution in [0.25, 0.3) is 11.0 Å². The molecule has 2 heterocycles. The van der Waals surface area contributed by atoms with Crippen LogP contribution in [0.1, 0.15) is 18.4 Å². The van der Waals surface area contributed by atoms with Gasteiger partial charge in [0.1, 0.15) is 5.82 Å². The minimum atomic E-state index is -3.47. The molecule has 3 rings (SSSR count). The first-order chi connectivity index (χ1) is 13.3. The van der Waals surface area contributed by atoms with E-state index in [1.807, 2.05) is 30.5 Å². The molecule has 7 nitrogen and oxygen atoms in total. The zero-order valence-electron chi connectivity index (χ0n) is 16.8. The maximum atomic E-state index is 12.4. The van der Waals surface area contributed by atoms with Gasteiger partial charge in [-0.05, 0) is 44.3 Å². The molecule has 0 unspecified atom stereocenters. The predicted octanol–water partition coefficient (Wildman–Crippen LogP) is 2.38. The Morgan fingerprint density at radius 2 is 1.89 bits per heavy atom. The molecule has 0 spiro atoms. The SMILES string of the molecule is CCn1c(CN(C)CCc2ccccn2)nc2cc(S(=O)(=O)N(C)C)ccc21. The molecule has 0 aliphatic carbocycles. The average molecular weight is 402 g/mol. The van der Waals surface area contributed by atoms with Crippen molar-refractivity contribution in [3.8, 4) is 0 Å². The van der Waals surface area contributed by atoms with Crippen LogP contribution in [-0.2, 0) is 29.5 Å². The Hall–Kier alpha value is -2.29. The van der Waals surface area contributed by atoms with Crippen LogP contribution in [0.5, 0.6) is 0 Å². The first kappa shape index (κ1) is 20.4. The number of benzene rings is 1. The van der Waals surface area contributed by atoms with Gasteiger partial charge in [0.15, 0.2) is 0 Å². The van der Waals surface area contributed by atoms with Crippen molar-refractivity contribution in [1.82, 2.24) is 23.7 Å². The van der Waals surface area contributed by atoms with Gasteiger partial charge in [0.2, 0.25) is 10.0 Å². The fourth-order valence-corrected chi connectivity index (χ4v) is 4.10. The highest BCUT2D eigenvalue weighted by Crippen LogP contribution is 2.22. The minimum absolute atomic E-state index is 0.265. The summed E-state index contributed by atoms with van der Waals surface area (Å²) in [5.41, 5.74) is 2.73. The van der Waals surface area contributed by atoms with Crippen molar-refractivity contribution in [2.24, 2.45) is 0 Å². The van der Waals surface area contributed by atoms with Gasteiger partial charge in [-0.1, -0.05) is 6.07 Å². The topological polar surface area (TPSA) is 71.3 Å². The smallest absolute Gasteiger partial charge is 0.242 e. The largest absolute Gasteiger partial charge is 0.327 e. The molecule has 0 N–H and O–H groups in total. The fraction of sp³-hybridized carbons (Fsp3) is 0.400. The van der Waals surface area contributed by atoms with E-state index in [4.69, 9.17) is 4.98 Å². The molecule has 2 aromatic heterocycles. The Morgan fingerprint density at radius 1 is 1.11 bits per heavy atom. The van der Waals surface area contributed by atoms with E-state index in [1.165, 1.54) is 18.4 Å². The molecule has 0 aliphatic rings. The highest BCUT2D eigenvalue weighted by Gasteiger charge is 2.19. The molecule has 8 heteroatoms. The van der Waals surface area contributed by atoms with Crippen LogP contribution in [0.3, 0.4) is 0 Å². The van der Waals surface area contributed by atoms with Crippen molar-refractivity contribution >= 4 is 21.1 Å². The molecule has 150 valence electrons. The van der Waals surface area contributed by atoms with E-state index in [9.17, 15) is 8.42 Å². The number of rotatable bonds is 8. The van der Waals surface area contributed by atoms with Crippen molar-refractivity contribution in [3.05, 3.63) is 54.1 Å². The van der Waals surface area contributed by atoms with Gasteiger partial charge >= 0.3 is 0 Å². The van der Waals surface area contributed by atoms with Crippen LogP contribution in [0.2, 0.25) is 0 Å². The molecule has 1 aromatic carbocycles. The molecular weight excluding hydrogens is 374 g/mol. The number of pyridine rings is 1. The summed E-state index contributed by atoms with van der Waals surface area (Å²) in [4.78, 5) is 11.6. The molecular formula is C20H27N5O2S. The third kappa shape index (κ3) is 4.24. The van der Waals surface area contributed by atoms with E-state index in [1.54, 1.807) is 12.1 Å². The van der Waals surface area contributed by atoms with Gasteiger partial charge in [-0.25, -0.2) is 17.7 Å². The lowest BCUT2D eigenvalue weighted by Crippen LogP contribution is -2.23. The second kappa shape index (κ2) is 8.38. The number of fused-ring (bicyclic) bond motifs is 1. The highest BCUT2D eigenvalue weighted by molar-refractivity contribution is 7.89. The summed E-state index contributed by atoms with van der Waals surface area (Å²) in [6.45, 7) is 4.40. The van der Waals surface area contributed by atoms with Gasteiger partial charge in [-0.15, -0.1) is 0 Å². The Morgan fingerprint density at radius 3 is 2.54 bits per heavy atom. The van der Waals surface area contributed by atoms with Gasteiger partial charge < -0.3 is 4.57 Å². The van der Waals surface area contributed by atoms with Crippen LogP contribution < -0.4 is 0 Å². The molecule has 0 amide bonds. The van der Waals surface area contributed by atoms with Crippen molar-refractivity contribution < 1.29 is 8.42 Å². The van der Waals surface area contributed by atoms with E-state index in [-0.39, 0.29) is 4.90 Å². The van der Waals surface area contributed by atoms with Crippen LogP contribution in [-0.4, -0.2) is 59.8 Å². The van der Waals surface area contributed by atoms with Crippen molar-refractivity contribution in [2.75, 3.05) is 27.7 Å². The van der Waals surface area contributed by atoms with Gasteiger partial charge in [-0.3, -0.25) is 9.88 Å². The first-order valence-electron chi connectivity index (χ1n) is 9.33. The number of likely N-dealkylation sites (N-methyl/N-ethyl adjacent to an activating group) is 1. The second-order valence-electron chi connectivity index (χ2n) is 7.02.